The quantitative estimate of drug-likeness (QED) is 0.554. The summed E-state index contributed by atoms with van der Waals surface area (Å²) in [6.45, 7) is 0. The molecule has 0 aliphatic heterocycles. The van der Waals surface area contributed by atoms with Gasteiger partial charge in [0.15, 0.2) is 5.69 Å². The number of amides is 1. The second-order valence-electron chi connectivity index (χ2n) is 5.49. The van der Waals surface area contributed by atoms with Gasteiger partial charge in [0.1, 0.15) is 0 Å². The monoisotopic (exact) mass is 324 g/mol. The number of carbonyl (C=O) groups excluding carboxylic acids is 1. The Hall–Kier alpha value is -3.49. The third-order valence-corrected chi connectivity index (χ3v) is 4.12. The predicted octanol–water partition coefficient (Wildman–Crippen LogP) is 1.37. The molecule has 0 radical (unpaired) electrons. The zero-order valence-electron chi connectivity index (χ0n) is 12.4. The van der Waals surface area contributed by atoms with Gasteiger partial charge in [-0.2, -0.15) is 10.2 Å². The van der Waals surface area contributed by atoms with Crippen molar-refractivity contribution in [1.82, 2.24) is 20.0 Å². The average Bonchev–Trinajstić information content (AvgIpc) is 3.18. The highest BCUT2D eigenvalue weighted by atomic mass is 16.6. The predicted molar refractivity (Wildman–Crippen MR) is 83.7 cm³/mol. The molecule has 0 bridgehead atoms. The molecule has 1 aliphatic carbocycles. The molecule has 0 spiro atoms. The molecule has 9 heteroatoms. The molecule has 1 amide bonds. The van der Waals surface area contributed by atoms with E-state index in [1.165, 1.54) is 12.1 Å². The Kier molecular flexibility index (Phi) is 2.95. The van der Waals surface area contributed by atoms with E-state index in [1.807, 2.05) is 0 Å². The van der Waals surface area contributed by atoms with Crippen LogP contribution < -0.4 is 5.73 Å². The minimum atomic E-state index is -0.598. The Morgan fingerprint density at radius 2 is 2.04 bits per heavy atom. The number of nitrogens with two attached hydrogens (primary N) is 1. The van der Waals surface area contributed by atoms with Crippen LogP contribution in [0.4, 0.5) is 5.69 Å². The Bertz CT molecular complexity index is 970. The van der Waals surface area contributed by atoms with E-state index in [0.29, 0.717) is 18.5 Å². The first-order valence-electron chi connectivity index (χ1n) is 7.25. The number of nitrogens with zero attached hydrogens (tertiary/aromatic N) is 4. The highest BCUT2D eigenvalue weighted by molar-refractivity contribution is 5.95. The maximum absolute atomic E-state index is 11.7. The Morgan fingerprint density at radius 1 is 1.29 bits per heavy atom. The van der Waals surface area contributed by atoms with E-state index in [-0.39, 0.29) is 11.4 Å². The lowest BCUT2D eigenvalue weighted by molar-refractivity contribution is -0.384. The SMILES string of the molecule is NC(=O)c1nn(-c2ccc([N+](=O)[O-])cc2)c2c1CCc1[nH]ncc1-2. The van der Waals surface area contributed by atoms with E-state index in [4.69, 9.17) is 5.73 Å². The van der Waals surface area contributed by atoms with Crippen molar-refractivity contribution in [2.24, 2.45) is 5.73 Å². The van der Waals surface area contributed by atoms with Gasteiger partial charge in [-0.25, -0.2) is 4.68 Å². The lowest BCUT2D eigenvalue weighted by Crippen LogP contribution is -2.15. The van der Waals surface area contributed by atoms with Gasteiger partial charge in [0, 0.05) is 29.0 Å². The fraction of sp³-hybridized carbons (Fsp3) is 0.133. The minimum Gasteiger partial charge on any atom is -0.364 e. The molecule has 1 aliphatic rings. The molecular weight excluding hydrogens is 312 g/mol. The first-order valence-corrected chi connectivity index (χ1v) is 7.25. The van der Waals surface area contributed by atoms with Crippen molar-refractivity contribution in [1.29, 1.82) is 0 Å². The Morgan fingerprint density at radius 3 is 2.71 bits per heavy atom. The molecule has 4 rings (SSSR count). The molecule has 24 heavy (non-hydrogen) atoms. The van der Waals surface area contributed by atoms with Gasteiger partial charge in [-0.1, -0.05) is 0 Å². The third-order valence-electron chi connectivity index (χ3n) is 4.12. The summed E-state index contributed by atoms with van der Waals surface area (Å²) in [4.78, 5) is 22.1. The fourth-order valence-electron chi connectivity index (χ4n) is 3.02. The second-order valence-corrected chi connectivity index (χ2v) is 5.49. The molecular formula is C15H12N6O3. The first kappa shape index (κ1) is 14.1. The van der Waals surface area contributed by atoms with Gasteiger partial charge in [-0.3, -0.25) is 20.0 Å². The molecule has 0 fully saturated rings. The van der Waals surface area contributed by atoms with Gasteiger partial charge >= 0.3 is 0 Å². The van der Waals surface area contributed by atoms with Crippen LogP contribution in [0.3, 0.4) is 0 Å². The van der Waals surface area contributed by atoms with Gasteiger partial charge in [0.05, 0.1) is 22.5 Å². The molecule has 3 N–H and O–H groups in total. The van der Waals surface area contributed by atoms with Crippen molar-refractivity contribution in [2.45, 2.75) is 12.8 Å². The largest absolute Gasteiger partial charge is 0.364 e. The summed E-state index contributed by atoms with van der Waals surface area (Å²) in [6, 6.07) is 5.97. The number of nitro groups is 1. The van der Waals surface area contributed by atoms with E-state index in [0.717, 1.165) is 22.5 Å². The van der Waals surface area contributed by atoms with Crippen LogP contribution in [0.2, 0.25) is 0 Å². The van der Waals surface area contributed by atoms with Crippen LogP contribution in [0, 0.1) is 10.1 Å². The lowest BCUT2D eigenvalue weighted by atomic mass is 9.93. The summed E-state index contributed by atoms with van der Waals surface area (Å²) in [5.74, 6) is -0.598. The van der Waals surface area contributed by atoms with Crippen LogP contribution in [0.25, 0.3) is 16.9 Å². The summed E-state index contributed by atoms with van der Waals surface area (Å²) < 4.78 is 1.59. The number of hydrogen-bond donors (Lipinski definition) is 2. The number of fused-ring (bicyclic) bond motifs is 3. The number of aromatic nitrogens is 4. The summed E-state index contributed by atoms with van der Waals surface area (Å²) in [7, 11) is 0. The van der Waals surface area contributed by atoms with E-state index in [1.54, 1.807) is 23.0 Å². The van der Waals surface area contributed by atoms with Crippen molar-refractivity contribution < 1.29 is 9.72 Å². The van der Waals surface area contributed by atoms with Crippen molar-refractivity contribution in [3.63, 3.8) is 0 Å². The van der Waals surface area contributed by atoms with Crippen LogP contribution >= 0.6 is 0 Å². The molecule has 0 saturated carbocycles. The van der Waals surface area contributed by atoms with Crippen molar-refractivity contribution >= 4 is 11.6 Å². The van der Waals surface area contributed by atoms with E-state index in [9.17, 15) is 14.9 Å². The number of nitro benzene ring substituents is 1. The molecule has 1 aromatic carbocycles. The maximum atomic E-state index is 11.7. The zero-order chi connectivity index (χ0) is 16.8. The lowest BCUT2D eigenvalue weighted by Gasteiger charge is -2.14. The normalized spacial score (nSPS) is 12.5. The van der Waals surface area contributed by atoms with Gasteiger partial charge in [0.2, 0.25) is 0 Å². The molecule has 3 aromatic rings. The van der Waals surface area contributed by atoms with Gasteiger partial charge < -0.3 is 5.73 Å². The number of H-pyrrole nitrogens is 1. The molecule has 0 atom stereocenters. The topological polar surface area (TPSA) is 133 Å². The molecule has 2 aromatic heterocycles. The molecule has 0 saturated heterocycles. The highest BCUT2D eigenvalue weighted by Crippen LogP contribution is 2.36. The number of aromatic amines is 1. The van der Waals surface area contributed by atoms with Gasteiger partial charge in [-0.05, 0) is 25.0 Å². The molecule has 120 valence electrons. The second kappa shape index (κ2) is 5.01. The van der Waals surface area contributed by atoms with Gasteiger partial charge in [-0.15, -0.1) is 0 Å². The van der Waals surface area contributed by atoms with Crippen molar-refractivity contribution in [2.75, 3.05) is 0 Å². The number of rotatable bonds is 3. The Balaban J connectivity index is 1.94. The van der Waals surface area contributed by atoms with E-state index < -0.39 is 10.8 Å². The molecule has 0 unspecified atom stereocenters. The smallest absolute Gasteiger partial charge is 0.269 e. The van der Waals surface area contributed by atoms with Crippen molar-refractivity contribution in [3.05, 3.63) is 57.5 Å². The van der Waals surface area contributed by atoms with Crippen LogP contribution in [0.15, 0.2) is 30.5 Å². The summed E-state index contributed by atoms with van der Waals surface area (Å²) in [5, 5.41) is 22.2. The third kappa shape index (κ3) is 1.98. The molecule has 9 nitrogen and oxygen atoms in total. The number of non-ortho nitro benzene ring substituents is 1. The van der Waals surface area contributed by atoms with Crippen LogP contribution in [0.5, 0.6) is 0 Å². The van der Waals surface area contributed by atoms with E-state index in [2.05, 4.69) is 15.3 Å². The van der Waals surface area contributed by atoms with Crippen LogP contribution in [-0.2, 0) is 12.8 Å². The van der Waals surface area contributed by atoms with Crippen LogP contribution in [-0.4, -0.2) is 30.8 Å². The zero-order valence-corrected chi connectivity index (χ0v) is 12.4. The standard InChI is InChI=1S/C15H12N6O3/c16-15(22)13-10-5-6-12-11(7-17-18-12)14(10)20(19-13)8-1-3-9(4-2-8)21(23)24/h1-4,7H,5-6H2,(H2,16,22)(H,17,18). The maximum Gasteiger partial charge on any atom is 0.269 e. The Labute approximate surface area is 135 Å². The van der Waals surface area contributed by atoms with Crippen LogP contribution in [0.1, 0.15) is 21.7 Å². The summed E-state index contributed by atoms with van der Waals surface area (Å²) >= 11 is 0. The summed E-state index contributed by atoms with van der Waals surface area (Å²) in [5.41, 5.74) is 9.61. The fourth-order valence-corrected chi connectivity index (χ4v) is 3.02. The van der Waals surface area contributed by atoms with Gasteiger partial charge in [0.25, 0.3) is 11.6 Å². The average molecular weight is 324 g/mol. The number of nitrogens with one attached hydrogen (secondary N) is 1. The number of primary amides is 1. The van der Waals surface area contributed by atoms with Crippen molar-refractivity contribution in [3.8, 4) is 16.9 Å². The first-order chi connectivity index (χ1) is 11.6. The summed E-state index contributed by atoms with van der Waals surface area (Å²) in [6.07, 6.45) is 3.02. The number of benzene rings is 1. The number of hydrogen-bond acceptors (Lipinski definition) is 5. The molecule has 2 heterocycles. The highest BCUT2D eigenvalue weighted by Gasteiger charge is 2.29. The number of carbonyl (C=O) groups is 1. The minimum absolute atomic E-state index is 0.0149. The number of aryl methyl sites for hydroxylation is 1. The van der Waals surface area contributed by atoms with E-state index >= 15 is 0 Å².